The van der Waals surface area contributed by atoms with Crippen molar-refractivity contribution in [1.29, 1.82) is 0 Å². The van der Waals surface area contributed by atoms with Crippen molar-refractivity contribution in [3.63, 3.8) is 0 Å². The third-order valence-electron chi connectivity index (χ3n) is 2.98. The Bertz CT molecular complexity index is 557. The Morgan fingerprint density at radius 2 is 1.38 bits per heavy atom. The van der Waals surface area contributed by atoms with Crippen LogP contribution in [0, 0.1) is 0 Å². The molecule has 0 fully saturated rings. The number of carbonyl (C=O) groups excluding carboxylic acids is 4. The summed E-state index contributed by atoms with van der Waals surface area (Å²) < 4.78 is 5.03. The minimum absolute atomic E-state index is 0.150. The number of hydrogen-bond donors (Lipinski definition) is 5. The zero-order valence-corrected chi connectivity index (χ0v) is 15.0. The number of ether oxygens (including phenoxy) is 1. The molecule has 2 atom stereocenters. The van der Waals surface area contributed by atoms with Crippen LogP contribution in [0.15, 0.2) is 0 Å². The number of carboxylic acids is 1. The van der Waals surface area contributed by atoms with E-state index in [1.165, 1.54) is 0 Å². The van der Waals surface area contributed by atoms with Gasteiger partial charge in [0, 0.05) is 12.8 Å². The molecule has 0 aliphatic carbocycles. The lowest BCUT2D eigenvalue weighted by Crippen LogP contribution is -2.52. The molecule has 4 amide bonds. The number of nitrogens with one attached hydrogen (secondary N) is 2. The average Bonchev–Trinajstić information content (AvgIpc) is 2.44. The van der Waals surface area contributed by atoms with E-state index in [0.717, 1.165) is 0 Å². The number of carbonyl (C=O) groups is 5. The number of carboxylic acid groups (broad SMARTS) is 1. The lowest BCUT2D eigenvalue weighted by atomic mass is 10.1. The lowest BCUT2D eigenvalue weighted by Gasteiger charge is -2.24. The molecular formula is C15H26N4O7. The average molecular weight is 374 g/mol. The van der Waals surface area contributed by atoms with E-state index in [1.807, 2.05) is 0 Å². The van der Waals surface area contributed by atoms with Crippen molar-refractivity contribution in [2.45, 2.75) is 64.1 Å². The first-order chi connectivity index (χ1) is 11.8. The molecule has 11 nitrogen and oxygen atoms in total. The Hall–Kier alpha value is -2.85. The van der Waals surface area contributed by atoms with Crippen LogP contribution in [0.3, 0.4) is 0 Å². The monoisotopic (exact) mass is 374 g/mol. The smallest absolute Gasteiger partial charge is 0.408 e. The summed E-state index contributed by atoms with van der Waals surface area (Å²) in [6.45, 7) is 4.86. The third-order valence-corrected chi connectivity index (χ3v) is 2.98. The van der Waals surface area contributed by atoms with Gasteiger partial charge in [0.05, 0.1) is 0 Å². The molecular weight excluding hydrogens is 348 g/mol. The molecule has 0 saturated carbocycles. The van der Waals surface area contributed by atoms with Crippen LogP contribution in [0.4, 0.5) is 4.79 Å². The van der Waals surface area contributed by atoms with Crippen molar-refractivity contribution in [2.24, 2.45) is 11.5 Å². The molecule has 148 valence electrons. The van der Waals surface area contributed by atoms with E-state index in [4.69, 9.17) is 21.3 Å². The fraction of sp³-hybridized carbons (Fsp3) is 0.667. The molecule has 26 heavy (non-hydrogen) atoms. The van der Waals surface area contributed by atoms with Gasteiger partial charge in [-0.25, -0.2) is 9.59 Å². The molecule has 0 saturated heterocycles. The van der Waals surface area contributed by atoms with Gasteiger partial charge in [-0.2, -0.15) is 0 Å². The fourth-order valence-corrected chi connectivity index (χ4v) is 1.82. The quantitative estimate of drug-likeness (QED) is 0.323. The highest BCUT2D eigenvalue weighted by atomic mass is 16.6. The van der Waals surface area contributed by atoms with Crippen LogP contribution in [0.1, 0.15) is 46.5 Å². The van der Waals surface area contributed by atoms with Gasteiger partial charge in [-0.15, -0.1) is 0 Å². The third kappa shape index (κ3) is 10.8. The first-order valence-corrected chi connectivity index (χ1v) is 7.91. The maximum Gasteiger partial charge on any atom is 0.408 e. The van der Waals surface area contributed by atoms with Gasteiger partial charge in [0.1, 0.15) is 17.7 Å². The highest BCUT2D eigenvalue weighted by Crippen LogP contribution is 2.08. The molecule has 0 aromatic rings. The van der Waals surface area contributed by atoms with Crippen LogP contribution in [0.5, 0.6) is 0 Å². The van der Waals surface area contributed by atoms with E-state index >= 15 is 0 Å². The second-order valence-corrected chi connectivity index (χ2v) is 6.61. The van der Waals surface area contributed by atoms with Crippen molar-refractivity contribution >= 4 is 29.8 Å². The van der Waals surface area contributed by atoms with Crippen molar-refractivity contribution in [3.05, 3.63) is 0 Å². The Balaban J connectivity index is 5.05. The predicted molar refractivity (Wildman–Crippen MR) is 89.6 cm³/mol. The zero-order valence-electron chi connectivity index (χ0n) is 15.0. The van der Waals surface area contributed by atoms with E-state index in [2.05, 4.69) is 10.6 Å². The topological polar surface area (TPSA) is 191 Å². The molecule has 0 bridgehead atoms. The molecule has 0 heterocycles. The molecule has 0 aromatic heterocycles. The van der Waals surface area contributed by atoms with E-state index in [1.54, 1.807) is 20.8 Å². The van der Waals surface area contributed by atoms with Crippen LogP contribution in [-0.2, 0) is 23.9 Å². The van der Waals surface area contributed by atoms with Crippen molar-refractivity contribution in [3.8, 4) is 0 Å². The molecule has 11 heteroatoms. The number of nitrogens with two attached hydrogens (primary N) is 2. The first-order valence-electron chi connectivity index (χ1n) is 7.91. The van der Waals surface area contributed by atoms with Crippen molar-refractivity contribution < 1.29 is 33.8 Å². The summed E-state index contributed by atoms with van der Waals surface area (Å²) in [6, 6.07) is -2.63. The number of primary amides is 2. The normalized spacial score (nSPS) is 13.2. The van der Waals surface area contributed by atoms with Gasteiger partial charge in [0.15, 0.2) is 0 Å². The second kappa shape index (κ2) is 10.2. The van der Waals surface area contributed by atoms with Crippen LogP contribution >= 0.6 is 0 Å². The molecule has 0 aromatic carbocycles. The predicted octanol–water partition coefficient (Wildman–Crippen LogP) is -1.02. The van der Waals surface area contributed by atoms with Gasteiger partial charge >= 0.3 is 12.1 Å². The van der Waals surface area contributed by atoms with Crippen molar-refractivity contribution in [1.82, 2.24) is 10.6 Å². The molecule has 0 spiro atoms. The second-order valence-electron chi connectivity index (χ2n) is 6.61. The Labute approximate surface area is 150 Å². The largest absolute Gasteiger partial charge is 0.480 e. The first kappa shape index (κ1) is 23.1. The summed E-state index contributed by atoms with van der Waals surface area (Å²) in [7, 11) is 0. The minimum atomic E-state index is -1.38. The number of amides is 4. The maximum absolute atomic E-state index is 12.3. The molecule has 0 unspecified atom stereocenters. The summed E-state index contributed by atoms with van der Waals surface area (Å²) in [5.74, 6) is -3.64. The Kier molecular flexibility index (Phi) is 9.09. The van der Waals surface area contributed by atoms with Crippen LogP contribution in [0.2, 0.25) is 0 Å². The maximum atomic E-state index is 12.3. The van der Waals surface area contributed by atoms with Gasteiger partial charge in [-0.1, -0.05) is 0 Å². The summed E-state index contributed by atoms with van der Waals surface area (Å²) in [5, 5.41) is 13.6. The highest BCUT2D eigenvalue weighted by molar-refractivity contribution is 5.90. The molecule has 0 aliphatic heterocycles. The van der Waals surface area contributed by atoms with Gasteiger partial charge in [0.2, 0.25) is 17.7 Å². The standard InChI is InChI=1S/C15H26N4O7/c1-15(2,3)26-14(25)19-8(4-6-10(16)20)12(22)18-9(13(23)24)5-7-11(17)21/h8-9H,4-7H2,1-3H3,(H2,16,20)(H2,17,21)(H,18,22)(H,19,25)(H,23,24)/t8-,9-/m0/s1. The number of aliphatic carboxylic acids is 1. The van der Waals surface area contributed by atoms with Crippen molar-refractivity contribution in [2.75, 3.05) is 0 Å². The lowest BCUT2D eigenvalue weighted by molar-refractivity contribution is -0.142. The summed E-state index contributed by atoms with van der Waals surface area (Å²) >= 11 is 0. The van der Waals surface area contributed by atoms with Crippen LogP contribution in [0.25, 0.3) is 0 Å². The SMILES string of the molecule is CC(C)(C)OC(=O)N[C@@H](CCC(N)=O)C(=O)N[C@@H](CCC(N)=O)C(=O)O. The Morgan fingerprint density at radius 3 is 1.77 bits per heavy atom. The minimum Gasteiger partial charge on any atom is -0.480 e. The number of rotatable bonds is 10. The van der Waals surface area contributed by atoms with Gasteiger partial charge in [-0.05, 0) is 33.6 Å². The summed E-state index contributed by atoms with van der Waals surface area (Å²) in [5.41, 5.74) is 9.19. The number of alkyl carbamates (subject to hydrolysis) is 1. The van der Waals surface area contributed by atoms with E-state index in [9.17, 15) is 24.0 Å². The molecule has 0 aliphatic rings. The number of hydrogen-bond acceptors (Lipinski definition) is 6. The van der Waals surface area contributed by atoms with E-state index in [-0.39, 0.29) is 25.7 Å². The van der Waals surface area contributed by atoms with Crippen LogP contribution in [-0.4, -0.2) is 52.6 Å². The van der Waals surface area contributed by atoms with Gasteiger partial charge < -0.3 is 31.9 Å². The fourth-order valence-electron chi connectivity index (χ4n) is 1.82. The zero-order chi connectivity index (χ0) is 20.5. The summed E-state index contributed by atoms with van der Waals surface area (Å²) in [6.07, 6.45) is -1.74. The van der Waals surface area contributed by atoms with E-state index < -0.39 is 47.5 Å². The molecule has 0 rings (SSSR count). The summed E-state index contributed by atoms with van der Waals surface area (Å²) in [4.78, 5) is 57.1. The van der Waals surface area contributed by atoms with Gasteiger partial charge in [-0.3, -0.25) is 14.4 Å². The van der Waals surface area contributed by atoms with Crippen LogP contribution < -0.4 is 22.1 Å². The highest BCUT2D eigenvalue weighted by Gasteiger charge is 2.28. The molecule has 0 radical (unpaired) electrons. The van der Waals surface area contributed by atoms with Gasteiger partial charge in [0.25, 0.3) is 0 Å². The van der Waals surface area contributed by atoms with E-state index in [0.29, 0.717) is 0 Å². The molecule has 7 N–H and O–H groups in total. The Morgan fingerprint density at radius 1 is 0.923 bits per heavy atom.